The molecule has 1 aromatic carbocycles. The summed E-state index contributed by atoms with van der Waals surface area (Å²) < 4.78 is 4.99. The summed E-state index contributed by atoms with van der Waals surface area (Å²) in [7, 11) is 0. The summed E-state index contributed by atoms with van der Waals surface area (Å²) in [5.41, 5.74) is 2.07. The molecule has 0 radical (unpaired) electrons. The van der Waals surface area contributed by atoms with Gasteiger partial charge in [-0.3, -0.25) is 4.98 Å². The molecule has 27 heavy (non-hydrogen) atoms. The van der Waals surface area contributed by atoms with Crippen molar-refractivity contribution in [3.05, 3.63) is 58.9 Å². The number of ether oxygens (including phenoxy) is 1. The standard InChI is InChI=1S/C20H22ClN3O2S/c1-2-26-18(25)16-6-5-15(13-17(16)21)23-19(27)24-20(9-3-4-10-20)14-7-11-22-12-8-14/h5-8,11-13H,2-4,9-10H2,1H3,(H2,23,24,27). The highest BCUT2D eigenvalue weighted by atomic mass is 35.5. The molecule has 3 rings (SSSR count). The van der Waals surface area contributed by atoms with Crippen LogP contribution < -0.4 is 10.6 Å². The molecule has 7 heteroatoms. The minimum atomic E-state index is -0.433. The first-order valence-corrected chi connectivity index (χ1v) is 9.79. The van der Waals surface area contributed by atoms with Gasteiger partial charge in [0, 0.05) is 18.1 Å². The Morgan fingerprint density at radius 1 is 1.26 bits per heavy atom. The van der Waals surface area contributed by atoms with E-state index in [1.165, 1.54) is 5.56 Å². The molecule has 1 saturated carbocycles. The third kappa shape index (κ3) is 4.57. The van der Waals surface area contributed by atoms with Crippen molar-refractivity contribution in [2.24, 2.45) is 0 Å². The highest BCUT2D eigenvalue weighted by Crippen LogP contribution is 2.38. The number of carbonyl (C=O) groups is 1. The maximum Gasteiger partial charge on any atom is 0.339 e. The number of thiocarbonyl (C=S) groups is 1. The molecule has 0 unspecified atom stereocenters. The van der Waals surface area contributed by atoms with Crippen molar-refractivity contribution in [1.29, 1.82) is 0 Å². The van der Waals surface area contributed by atoms with Gasteiger partial charge in [0.25, 0.3) is 0 Å². The summed E-state index contributed by atoms with van der Waals surface area (Å²) in [5, 5.41) is 7.51. The molecule has 2 N–H and O–H groups in total. The Bertz CT molecular complexity index is 823. The molecule has 0 spiro atoms. The Labute approximate surface area is 169 Å². The summed E-state index contributed by atoms with van der Waals surface area (Å²) in [6.45, 7) is 2.06. The van der Waals surface area contributed by atoms with Gasteiger partial charge < -0.3 is 15.4 Å². The zero-order chi connectivity index (χ0) is 19.3. The predicted octanol–water partition coefficient (Wildman–Crippen LogP) is 4.67. The zero-order valence-corrected chi connectivity index (χ0v) is 16.7. The monoisotopic (exact) mass is 403 g/mol. The van der Waals surface area contributed by atoms with Gasteiger partial charge in [0.15, 0.2) is 5.11 Å². The van der Waals surface area contributed by atoms with Crippen molar-refractivity contribution in [2.45, 2.75) is 38.1 Å². The summed E-state index contributed by atoms with van der Waals surface area (Å²) in [6, 6.07) is 9.15. The minimum Gasteiger partial charge on any atom is -0.462 e. The largest absolute Gasteiger partial charge is 0.462 e. The van der Waals surface area contributed by atoms with Crippen LogP contribution in [0.15, 0.2) is 42.7 Å². The second-order valence-corrected chi connectivity index (χ2v) is 7.33. The molecule has 0 atom stereocenters. The van der Waals surface area contributed by atoms with Gasteiger partial charge in [0.05, 0.1) is 22.7 Å². The second kappa shape index (κ2) is 8.67. The SMILES string of the molecule is CCOC(=O)c1ccc(NC(=S)NC2(c3ccncc3)CCCC2)cc1Cl. The first kappa shape index (κ1) is 19.6. The smallest absolute Gasteiger partial charge is 0.339 e. The van der Waals surface area contributed by atoms with Crippen molar-refractivity contribution in [3.63, 3.8) is 0 Å². The summed E-state index contributed by atoms with van der Waals surface area (Å²) in [6.07, 6.45) is 7.95. The number of nitrogens with zero attached hydrogens (tertiary/aromatic N) is 1. The van der Waals surface area contributed by atoms with Crippen LogP contribution in [0.1, 0.15) is 48.5 Å². The van der Waals surface area contributed by atoms with Crippen molar-refractivity contribution >= 4 is 40.6 Å². The molecule has 142 valence electrons. The van der Waals surface area contributed by atoms with E-state index in [0.717, 1.165) is 25.7 Å². The van der Waals surface area contributed by atoms with Gasteiger partial charge in [-0.05, 0) is 67.9 Å². The van der Waals surface area contributed by atoms with Crippen LogP contribution in [0.5, 0.6) is 0 Å². The molecule has 0 saturated heterocycles. The van der Waals surface area contributed by atoms with Gasteiger partial charge in [-0.15, -0.1) is 0 Å². The van der Waals surface area contributed by atoms with E-state index < -0.39 is 5.97 Å². The number of halogens is 1. The van der Waals surface area contributed by atoms with Crippen LogP contribution in [0.2, 0.25) is 5.02 Å². The van der Waals surface area contributed by atoms with Crippen LogP contribution in [-0.2, 0) is 10.3 Å². The summed E-state index contributed by atoms with van der Waals surface area (Å²) >= 11 is 11.8. The molecule has 1 aliphatic carbocycles. The predicted molar refractivity (Wildman–Crippen MR) is 111 cm³/mol. The van der Waals surface area contributed by atoms with E-state index in [-0.39, 0.29) is 5.54 Å². The van der Waals surface area contributed by atoms with Crippen molar-refractivity contribution in [2.75, 3.05) is 11.9 Å². The van der Waals surface area contributed by atoms with Crippen molar-refractivity contribution < 1.29 is 9.53 Å². The van der Waals surface area contributed by atoms with Gasteiger partial charge in [0.2, 0.25) is 0 Å². The number of pyridine rings is 1. The van der Waals surface area contributed by atoms with Crippen LogP contribution in [0, 0.1) is 0 Å². The van der Waals surface area contributed by atoms with E-state index in [0.29, 0.717) is 28.0 Å². The lowest BCUT2D eigenvalue weighted by Crippen LogP contribution is -2.45. The molecule has 1 aliphatic rings. The molecule has 0 aliphatic heterocycles. The van der Waals surface area contributed by atoms with Crippen LogP contribution in [0.25, 0.3) is 0 Å². The van der Waals surface area contributed by atoms with E-state index in [1.54, 1.807) is 37.5 Å². The van der Waals surface area contributed by atoms with Gasteiger partial charge in [0.1, 0.15) is 0 Å². The van der Waals surface area contributed by atoms with Gasteiger partial charge >= 0.3 is 5.97 Å². The Kier molecular flexibility index (Phi) is 6.29. The average molecular weight is 404 g/mol. The highest BCUT2D eigenvalue weighted by molar-refractivity contribution is 7.80. The molecule has 0 amide bonds. The zero-order valence-electron chi connectivity index (χ0n) is 15.1. The van der Waals surface area contributed by atoms with Crippen LogP contribution in [-0.4, -0.2) is 22.7 Å². The Morgan fingerprint density at radius 2 is 1.96 bits per heavy atom. The molecular weight excluding hydrogens is 382 g/mol. The van der Waals surface area contributed by atoms with Crippen LogP contribution in [0.4, 0.5) is 5.69 Å². The van der Waals surface area contributed by atoms with Gasteiger partial charge in [-0.2, -0.15) is 0 Å². The van der Waals surface area contributed by atoms with E-state index in [9.17, 15) is 4.79 Å². The normalized spacial score (nSPS) is 15.2. The fraction of sp³-hybridized carbons (Fsp3) is 0.350. The Hall–Kier alpha value is -2.18. The van der Waals surface area contributed by atoms with Crippen LogP contribution in [0.3, 0.4) is 0 Å². The number of hydrogen-bond acceptors (Lipinski definition) is 4. The second-order valence-electron chi connectivity index (χ2n) is 6.52. The Balaban J connectivity index is 1.72. The lowest BCUT2D eigenvalue weighted by Gasteiger charge is -2.32. The van der Waals surface area contributed by atoms with Gasteiger partial charge in [-0.25, -0.2) is 4.79 Å². The third-order valence-corrected chi connectivity index (χ3v) is 5.28. The van der Waals surface area contributed by atoms with Crippen LogP contribution >= 0.6 is 23.8 Å². The first-order chi connectivity index (χ1) is 13.0. The number of nitrogens with one attached hydrogen (secondary N) is 2. The molecule has 0 bridgehead atoms. The Morgan fingerprint density at radius 3 is 2.59 bits per heavy atom. The first-order valence-electron chi connectivity index (χ1n) is 9.00. The van der Waals surface area contributed by atoms with E-state index in [4.69, 9.17) is 28.6 Å². The number of anilines is 1. The molecule has 1 fully saturated rings. The average Bonchev–Trinajstić information content (AvgIpc) is 3.12. The number of benzene rings is 1. The number of rotatable bonds is 5. The van der Waals surface area contributed by atoms with E-state index in [1.807, 2.05) is 12.1 Å². The fourth-order valence-electron chi connectivity index (χ4n) is 3.48. The molecule has 2 aromatic rings. The maximum absolute atomic E-state index is 11.9. The molecule has 1 aromatic heterocycles. The molecular formula is C20H22ClN3O2S. The van der Waals surface area contributed by atoms with Crippen molar-refractivity contribution in [3.8, 4) is 0 Å². The van der Waals surface area contributed by atoms with Gasteiger partial charge in [-0.1, -0.05) is 24.4 Å². The van der Waals surface area contributed by atoms with Crippen molar-refractivity contribution in [1.82, 2.24) is 10.3 Å². The molecule has 5 nitrogen and oxygen atoms in total. The quantitative estimate of drug-likeness (QED) is 0.558. The number of hydrogen-bond donors (Lipinski definition) is 2. The summed E-state index contributed by atoms with van der Waals surface area (Å²) in [4.78, 5) is 16.0. The number of esters is 1. The van der Waals surface area contributed by atoms with E-state index in [2.05, 4.69) is 15.6 Å². The topological polar surface area (TPSA) is 63.2 Å². The fourth-order valence-corrected chi connectivity index (χ4v) is 4.05. The third-order valence-electron chi connectivity index (χ3n) is 4.77. The lowest BCUT2D eigenvalue weighted by atomic mass is 9.89. The number of carbonyl (C=O) groups excluding carboxylic acids is 1. The highest BCUT2D eigenvalue weighted by Gasteiger charge is 2.36. The maximum atomic E-state index is 11.9. The molecule has 1 heterocycles. The number of aromatic nitrogens is 1. The minimum absolute atomic E-state index is 0.179. The van der Waals surface area contributed by atoms with E-state index >= 15 is 0 Å². The summed E-state index contributed by atoms with van der Waals surface area (Å²) in [5.74, 6) is -0.433. The lowest BCUT2D eigenvalue weighted by molar-refractivity contribution is 0.0526.